The number of aliphatic hydroxyl groups excluding tert-OH is 1. The standard InChI is InChI=1S/C8H8ClF2NO/c1-4-7(9)5(3-13)2-6(12-4)8(10)11/h2,8,13H,3H2,1H3. The summed E-state index contributed by atoms with van der Waals surface area (Å²) in [6.45, 7) is 1.16. The average molecular weight is 208 g/mol. The topological polar surface area (TPSA) is 33.1 Å². The van der Waals surface area contributed by atoms with E-state index in [0.717, 1.165) is 6.07 Å². The summed E-state index contributed by atoms with van der Waals surface area (Å²) in [5, 5.41) is 9.03. The van der Waals surface area contributed by atoms with Crippen LogP contribution in [0.4, 0.5) is 8.78 Å². The number of hydrogen-bond acceptors (Lipinski definition) is 2. The maximum absolute atomic E-state index is 12.2. The summed E-state index contributed by atoms with van der Waals surface area (Å²) in [7, 11) is 0. The van der Waals surface area contributed by atoms with Gasteiger partial charge in [-0.1, -0.05) is 11.6 Å². The van der Waals surface area contributed by atoms with Gasteiger partial charge in [-0.25, -0.2) is 8.78 Å². The minimum atomic E-state index is -2.64. The second-order valence-electron chi connectivity index (χ2n) is 2.56. The summed E-state index contributed by atoms with van der Waals surface area (Å²) in [6.07, 6.45) is -2.64. The van der Waals surface area contributed by atoms with Crippen molar-refractivity contribution in [2.24, 2.45) is 0 Å². The Morgan fingerprint density at radius 1 is 1.62 bits per heavy atom. The highest BCUT2D eigenvalue weighted by Gasteiger charge is 2.13. The van der Waals surface area contributed by atoms with Crippen LogP contribution in [0.25, 0.3) is 0 Å². The highest BCUT2D eigenvalue weighted by Crippen LogP contribution is 2.24. The van der Waals surface area contributed by atoms with E-state index >= 15 is 0 Å². The summed E-state index contributed by atoms with van der Waals surface area (Å²) < 4.78 is 24.4. The number of pyridine rings is 1. The van der Waals surface area contributed by atoms with Crippen molar-refractivity contribution >= 4 is 11.6 Å². The van der Waals surface area contributed by atoms with Crippen molar-refractivity contribution in [1.29, 1.82) is 0 Å². The van der Waals surface area contributed by atoms with Gasteiger partial charge in [0.25, 0.3) is 6.43 Å². The van der Waals surface area contributed by atoms with Crippen LogP contribution >= 0.6 is 11.6 Å². The molecule has 5 heteroatoms. The molecule has 1 aromatic heterocycles. The minimum Gasteiger partial charge on any atom is -0.392 e. The molecule has 1 aromatic rings. The molecule has 13 heavy (non-hydrogen) atoms. The van der Waals surface area contributed by atoms with E-state index in [-0.39, 0.29) is 22.9 Å². The Morgan fingerprint density at radius 2 is 2.23 bits per heavy atom. The van der Waals surface area contributed by atoms with Crippen LogP contribution in [0.5, 0.6) is 0 Å². The Balaban J connectivity index is 3.22. The molecule has 0 bridgehead atoms. The first kappa shape index (κ1) is 10.3. The molecule has 0 aliphatic rings. The Bertz CT molecular complexity index is 317. The lowest BCUT2D eigenvalue weighted by molar-refractivity contribution is 0.145. The van der Waals surface area contributed by atoms with Gasteiger partial charge in [-0.3, -0.25) is 4.98 Å². The molecule has 1 heterocycles. The Morgan fingerprint density at radius 3 is 2.69 bits per heavy atom. The van der Waals surface area contributed by atoms with E-state index in [9.17, 15) is 8.78 Å². The van der Waals surface area contributed by atoms with Crippen LogP contribution in [0.3, 0.4) is 0 Å². The van der Waals surface area contributed by atoms with Gasteiger partial charge in [0.15, 0.2) is 0 Å². The van der Waals surface area contributed by atoms with Crippen molar-refractivity contribution < 1.29 is 13.9 Å². The predicted molar refractivity (Wildman–Crippen MR) is 44.9 cm³/mol. The van der Waals surface area contributed by atoms with E-state index in [2.05, 4.69) is 4.98 Å². The van der Waals surface area contributed by atoms with Gasteiger partial charge < -0.3 is 5.11 Å². The molecule has 0 radical (unpaired) electrons. The first-order valence-corrected chi connectivity index (χ1v) is 3.99. The lowest BCUT2D eigenvalue weighted by atomic mass is 10.2. The molecule has 0 unspecified atom stereocenters. The maximum Gasteiger partial charge on any atom is 0.280 e. The maximum atomic E-state index is 12.2. The minimum absolute atomic E-state index is 0.243. The number of aromatic nitrogens is 1. The molecular formula is C8H8ClF2NO. The fourth-order valence-electron chi connectivity index (χ4n) is 0.976. The first-order chi connectivity index (χ1) is 6.06. The molecule has 0 saturated heterocycles. The highest BCUT2D eigenvalue weighted by atomic mass is 35.5. The molecule has 0 saturated carbocycles. The lowest BCUT2D eigenvalue weighted by Crippen LogP contribution is -1.98. The summed E-state index contributed by atoms with van der Waals surface area (Å²) in [5.41, 5.74) is 0.235. The second kappa shape index (κ2) is 3.98. The molecule has 72 valence electrons. The van der Waals surface area contributed by atoms with Crippen molar-refractivity contribution in [2.45, 2.75) is 20.0 Å². The summed E-state index contributed by atoms with van der Waals surface area (Å²) in [5.74, 6) is 0. The summed E-state index contributed by atoms with van der Waals surface area (Å²) in [6, 6.07) is 1.11. The third-order valence-electron chi connectivity index (χ3n) is 1.61. The van der Waals surface area contributed by atoms with Gasteiger partial charge in [-0.15, -0.1) is 0 Å². The normalized spacial score (nSPS) is 10.9. The monoisotopic (exact) mass is 207 g/mol. The summed E-state index contributed by atoms with van der Waals surface area (Å²) >= 11 is 5.70. The average Bonchev–Trinajstić information content (AvgIpc) is 2.09. The Hall–Kier alpha value is -0.740. The van der Waals surface area contributed by atoms with Crippen molar-refractivity contribution in [1.82, 2.24) is 4.98 Å². The van der Waals surface area contributed by atoms with Crippen molar-refractivity contribution in [2.75, 3.05) is 0 Å². The molecular weight excluding hydrogens is 200 g/mol. The molecule has 0 aliphatic carbocycles. The number of aryl methyl sites for hydroxylation is 1. The molecule has 0 amide bonds. The quantitative estimate of drug-likeness (QED) is 0.808. The van der Waals surface area contributed by atoms with Gasteiger partial charge >= 0.3 is 0 Å². The van der Waals surface area contributed by atoms with Crippen LogP contribution in [-0.4, -0.2) is 10.1 Å². The molecule has 0 spiro atoms. The fourth-order valence-corrected chi connectivity index (χ4v) is 1.13. The lowest BCUT2D eigenvalue weighted by Gasteiger charge is -2.06. The van der Waals surface area contributed by atoms with E-state index in [0.29, 0.717) is 5.69 Å². The molecule has 2 nitrogen and oxygen atoms in total. The smallest absolute Gasteiger partial charge is 0.280 e. The van der Waals surface area contributed by atoms with Crippen LogP contribution in [-0.2, 0) is 6.61 Å². The van der Waals surface area contributed by atoms with Gasteiger partial charge in [0.2, 0.25) is 0 Å². The number of rotatable bonds is 2. The van der Waals surface area contributed by atoms with Crippen LogP contribution in [0, 0.1) is 6.92 Å². The Kier molecular flexibility index (Phi) is 3.17. The number of nitrogens with zero attached hydrogens (tertiary/aromatic N) is 1. The van der Waals surface area contributed by atoms with Crippen LogP contribution < -0.4 is 0 Å². The van der Waals surface area contributed by atoms with Gasteiger partial charge in [-0.05, 0) is 18.6 Å². The first-order valence-electron chi connectivity index (χ1n) is 3.61. The van der Waals surface area contributed by atoms with E-state index in [1.807, 2.05) is 0 Å². The zero-order valence-electron chi connectivity index (χ0n) is 6.89. The summed E-state index contributed by atoms with van der Waals surface area (Å²) in [4.78, 5) is 3.59. The molecule has 0 aliphatic heterocycles. The van der Waals surface area contributed by atoms with Gasteiger partial charge in [0, 0.05) is 0 Å². The van der Waals surface area contributed by atoms with Crippen LogP contribution in [0.1, 0.15) is 23.4 Å². The predicted octanol–water partition coefficient (Wildman–Crippen LogP) is 2.47. The molecule has 0 fully saturated rings. The van der Waals surface area contributed by atoms with Crippen molar-refractivity contribution in [3.63, 3.8) is 0 Å². The van der Waals surface area contributed by atoms with E-state index in [1.54, 1.807) is 0 Å². The molecule has 0 aromatic carbocycles. The van der Waals surface area contributed by atoms with Crippen molar-refractivity contribution in [3.05, 3.63) is 28.0 Å². The van der Waals surface area contributed by atoms with Gasteiger partial charge in [0.05, 0.1) is 17.3 Å². The number of hydrogen-bond donors (Lipinski definition) is 1. The molecule has 1 rings (SSSR count). The van der Waals surface area contributed by atoms with E-state index in [1.165, 1.54) is 6.92 Å². The molecule has 0 atom stereocenters. The second-order valence-corrected chi connectivity index (χ2v) is 2.94. The van der Waals surface area contributed by atoms with E-state index in [4.69, 9.17) is 16.7 Å². The zero-order valence-corrected chi connectivity index (χ0v) is 7.65. The molecule has 1 N–H and O–H groups in total. The van der Waals surface area contributed by atoms with E-state index < -0.39 is 6.43 Å². The van der Waals surface area contributed by atoms with Crippen molar-refractivity contribution in [3.8, 4) is 0 Å². The van der Waals surface area contributed by atoms with Gasteiger partial charge in [-0.2, -0.15) is 0 Å². The van der Waals surface area contributed by atoms with Crippen LogP contribution in [0.15, 0.2) is 6.07 Å². The Labute approximate surface area is 79.2 Å². The van der Waals surface area contributed by atoms with Crippen LogP contribution in [0.2, 0.25) is 5.02 Å². The zero-order chi connectivity index (χ0) is 10.0. The third-order valence-corrected chi connectivity index (χ3v) is 2.13. The third kappa shape index (κ3) is 2.14. The van der Waals surface area contributed by atoms with Gasteiger partial charge in [0.1, 0.15) is 5.69 Å². The SMILES string of the molecule is Cc1nc(C(F)F)cc(CO)c1Cl. The fraction of sp³-hybridized carbons (Fsp3) is 0.375. The number of aliphatic hydroxyl groups is 1. The largest absolute Gasteiger partial charge is 0.392 e. The number of halogens is 3. The number of alkyl halides is 2. The highest BCUT2D eigenvalue weighted by molar-refractivity contribution is 6.31.